The lowest BCUT2D eigenvalue weighted by Crippen LogP contribution is -2.49. The van der Waals surface area contributed by atoms with Gasteiger partial charge in [-0.2, -0.15) is 0 Å². The molecule has 0 bridgehead atoms. The summed E-state index contributed by atoms with van der Waals surface area (Å²) in [6.45, 7) is 10.5. The van der Waals surface area contributed by atoms with Crippen molar-refractivity contribution in [1.82, 2.24) is 19.8 Å². The van der Waals surface area contributed by atoms with Gasteiger partial charge in [-0.3, -0.25) is 0 Å². The Labute approximate surface area is 185 Å². The Morgan fingerprint density at radius 2 is 2.14 bits per heavy atom. The number of ether oxygens (including phenoxy) is 1. The monoisotopic (exact) mass is 497 g/mol. The van der Waals surface area contributed by atoms with Gasteiger partial charge >= 0.3 is 0 Å². The summed E-state index contributed by atoms with van der Waals surface area (Å²) in [5, 5.41) is 3.46. The van der Waals surface area contributed by atoms with Crippen LogP contribution in [0.3, 0.4) is 0 Å². The molecule has 0 spiro atoms. The highest BCUT2D eigenvalue weighted by Gasteiger charge is 2.28. The molecule has 6 nitrogen and oxygen atoms in total. The van der Waals surface area contributed by atoms with Crippen LogP contribution in [0.25, 0.3) is 0 Å². The van der Waals surface area contributed by atoms with E-state index in [9.17, 15) is 0 Å². The van der Waals surface area contributed by atoms with Crippen LogP contribution in [0.2, 0.25) is 0 Å². The fourth-order valence-electron chi connectivity index (χ4n) is 3.61. The van der Waals surface area contributed by atoms with Crippen LogP contribution < -0.4 is 10.1 Å². The quantitative estimate of drug-likeness (QED) is 0.373. The lowest BCUT2D eigenvalue weighted by atomic mass is 9.93. The highest BCUT2D eigenvalue weighted by Crippen LogP contribution is 2.27. The molecule has 1 aromatic carbocycles. The van der Waals surface area contributed by atoms with E-state index in [4.69, 9.17) is 9.73 Å². The molecule has 2 atom stereocenters. The average Bonchev–Trinajstić information content (AvgIpc) is 3.21. The Balaban J connectivity index is 0.00000280. The number of hydrogen-bond donors (Lipinski definition) is 1. The van der Waals surface area contributed by atoms with E-state index < -0.39 is 0 Å². The number of para-hydroxylation sites is 1. The molecule has 0 saturated carbocycles. The van der Waals surface area contributed by atoms with Crippen LogP contribution in [0.5, 0.6) is 5.75 Å². The number of aromatic nitrogens is 2. The molecule has 0 amide bonds. The molecule has 7 heteroatoms. The molecule has 2 unspecified atom stereocenters. The molecule has 1 aromatic heterocycles. The van der Waals surface area contributed by atoms with Crippen LogP contribution >= 0.6 is 24.0 Å². The van der Waals surface area contributed by atoms with E-state index >= 15 is 0 Å². The third-order valence-electron chi connectivity index (χ3n) is 5.13. The van der Waals surface area contributed by atoms with Gasteiger partial charge in [0.15, 0.2) is 5.96 Å². The molecule has 0 aliphatic carbocycles. The van der Waals surface area contributed by atoms with E-state index in [2.05, 4.69) is 45.9 Å². The normalized spacial score (nSPS) is 19.8. The number of imidazole rings is 1. The SMILES string of the molecule is CCNC(=NCc1ccccc1OCC)N1CCC(C)C(n2ccnc2)C1.I. The van der Waals surface area contributed by atoms with Crippen molar-refractivity contribution in [1.29, 1.82) is 0 Å². The van der Waals surface area contributed by atoms with Crippen LogP contribution in [-0.2, 0) is 6.54 Å². The van der Waals surface area contributed by atoms with Crippen molar-refractivity contribution in [3.8, 4) is 5.75 Å². The molecule has 1 aliphatic heterocycles. The van der Waals surface area contributed by atoms with Crippen molar-refractivity contribution in [3.05, 3.63) is 48.5 Å². The number of rotatable bonds is 6. The maximum atomic E-state index is 5.74. The summed E-state index contributed by atoms with van der Waals surface area (Å²) in [5.74, 6) is 2.51. The number of hydrogen-bond acceptors (Lipinski definition) is 3. The summed E-state index contributed by atoms with van der Waals surface area (Å²) < 4.78 is 7.97. The van der Waals surface area contributed by atoms with Gasteiger partial charge in [0.2, 0.25) is 0 Å². The molecular weight excluding hydrogens is 465 g/mol. The summed E-state index contributed by atoms with van der Waals surface area (Å²) >= 11 is 0. The van der Waals surface area contributed by atoms with Crippen molar-refractivity contribution in [3.63, 3.8) is 0 Å². The van der Waals surface area contributed by atoms with E-state index in [1.54, 1.807) is 0 Å². The van der Waals surface area contributed by atoms with Gasteiger partial charge in [-0.15, -0.1) is 24.0 Å². The first-order valence-electron chi connectivity index (χ1n) is 9.94. The molecule has 1 aliphatic rings. The molecule has 1 N–H and O–H groups in total. The predicted octanol–water partition coefficient (Wildman–Crippen LogP) is 3.95. The van der Waals surface area contributed by atoms with Gasteiger partial charge in [0.05, 0.1) is 25.5 Å². The Morgan fingerprint density at radius 3 is 2.86 bits per heavy atom. The summed E-state index contributed by atoms with van der Waals surface area (Å²) in [6.07, 6.45) is 6.98. The number of aliphatic imine (C=N–C) groups is 1. The zero-order chi connectivity index (χ0) is 19.1. The number of benzene rings is 1. The fourth-order valence-corrected chi connectivity index (χ4v) is 3.61. The van der Waals surface area contributed by atoms with Crippen LogP contribution in [0.15, 0.2) is 48.0 Å². The lowest BCUT2D eigenvalue weighted by Gasteiger charge is -2.39. The Morgan fingerprint density at radius 1 is 1.32 bits per heavy atom. The number of nitrogens with one attached hydrogen (secondary N) is 1. The van der Waals surface area contributed by atoms with E-state index in [1.165, 1.54) is 0 Å². The first-order valence-corrected chi connectivity index (χ1v) is 9.94. The van der Waals surface area contributed by atoms with Crippen molar-refractivity contribution < 1.29 is 4.74 Å². The van der Waals surface area contributed by atoms with Crippen molar-refractivity contribution in [2.24, 2.45) is 10.9 Å². The minimum Gasteiger partial charge on any atom is -0.494 e. The molecule has 2 aromatic rings. The first kappa shape index (κ1) is 22.5. The van der Waals surface area contributed by atoms with Crippen LogP contribution in [0.1, 0.15) is 38.8 Å². The van der Waals surface area contributed by atoms with E-state index in [-0.39, 0.29) is 24.0 Å². The van der Waals surface area contributed by atoms with Crippen molar-refractivity contribution >= 4 is 29.9 Å². The van der Waals surface area contributed by atoms with E-state index in [0.717, 1.165) is 43.3 Å². The van der Waals surface area contributed by atoms with Gasteiger partial charge in [-0.1, -0.05) is 25.1 Å². The molecule has 3 rings (SSSR count). The van der Waals surface area contributed by atoms with Gasteiger partial charge in [0.1, 0.15) is 5.75 Å². The summed E-state index contributed by atoms with van der Waals surface area (Å²) in [5.41, 5.74) is 1.12. The molecule has 2 heterocycles. The number of piperidine rings is 1. The number of nitrogens with zero attached hydrogens (tertiary/aromatic N) is 4. The molecular formula is C21H32IN5O. The molecule has 0 radical (unpaired) electrons. The van der Waals surface area contributed by atoms with Crippen LogP contribution in [-0.4, -0.2) is 46.7 Å². The highest BCUT2D eigenvalue weighted by molar-refractivity contribution is 14.0. The number of likely N-dealkylation sites (tertiary alicyclic amines) is 1. The maximum absolute atomic E-state index is 5.74. The molecule has 154 valence electrons. The second-order valence-corrected chi connectivity index (χ2v) is 7.00. The van der Waals surface area contributed by atoms with Gasteiger partial charge in [-0.25, -0.2) is 9.98 Å². The van der Waals surface area contributed by atoms with E-state index in [1.807, 2.05) is 37.6 Å². The lowest BCUT2D eigenvalue weighted by molar-refractivity contribution is 0.189. The standard InChI is InChI=1S/C21H31N5O.HI/c1-4-23-21(24-14-18-8-6-7-9-20(18)27-5-2)25-12-10-17(3)19(15-25)26-13-11-22-16-26;/h6-9,11,13,16-17,19H,4-5,10,12,14-15H2,1-3H3,(H,23,24);1H. The van der Waals surface area contributed by atoms with Gasteiger partial charge < -0.3 is 19.5 Å². The maximum Gasteiger partial charge on any atom is 0.194 e. The Bertz CT molecular complexity index is 734. The fraction of sp³-hybridized carbons (Fsp3) is 0.524. The van der Waals surface area contributed by atoms with Gasteiger partial charge in [0.25, 0.3) is 0 Å². The molecule has 28 heavy (non-hydrogen) atoms. The minimum absolute atomic E-state index is 0. The van der Waals surface area contributed by atoms with Crippen LogP contribution in [0, 0.1) is 5.92 Å². The Kier molecular flexibility index (Phi) is 9.08. The second kappa shape index (κ2) is 11.3. The smallest absolute Gasteiger partial charge is 0.194 e. The zero-order valence-electron chi connectivity index (χ0n) is 17.0. The van der Waals surface area contributed by atoms with E-state index in [0.29, 0.717) is 25.1 Å². The predicted molar refractivity (Wildman–Crippen MR) is 124 cm³/mol. The summed E-state index contributed by atoms with van der Waals surface area (Å²) in [7, 11) is 0. The zero-order valence-corrected chi connectivity index (χ0v) is 19.4. The molecule has 1 saturated heterocycles. The number of guanidine groups is 1. The first-order chi connectivity index (χ1) is 13.2. The van der Waals surface area contributed by atoms with Gasteiger partial charge in [0, 0.05) is 37.6 Å². The molecule has 1 fully saturated rings. The number of halogens is 1. The Hall–Kier alpha value is -1.77. The van der Waals surface area contributed by atoms with Gasteiger partial charge in [-0.05, 0) is 32.3 Å². The topological polar surface area (TPSA) is 54.7 Å². The van der Waals surface area contributed by atoms with Crippen molar-refractivity contribution in [2.45, 2.75) is 39.8 Å². The van der Waals surface area contributed by atoms with Crippen molar-refractivity contribution in [2.75, 3.05) is 26.2 Å². The largest absolute Gasteiger partial charge is 0.494 e. The summed E-state index contributed by atoms with van der Waals surface area (Å²) in [6, 6.07) is 8.56. The average molecular weight is 497 g/mol. The summed E-state index contributed by atoms with van der Waals surface area (Å²) in [4.78, 5) is 11.5. The third kappa shape index (κ3) is 5.62. The third-order valence-corrected chi connectivity index (χ3v) is 5.13. The second-order valence-electron chi connectivity index (χ2n) is 7.00. The minimum atomic E-state index is 0. The van der Waals surface area contributed by atoms with Crippen LogP contribution in [0.4, 0.5) is 0 Å². The highest BCUT2D eigenvalue weighted by atomic mass is 127.